The number of carboxylic acids is 1. The number of hydrazine groups is 1. The second-order valence-electron chi connectivity index (χ2n) is 13.1. The van der Waals surface area contributed by atoms with Crippen molar-refractivity contribution in [3.63, 3.8) is 0 Å². The number of carbonyl (C=O) groups excluding carboxylic acids is 1. The average Bonchev–Trinajstić information content (AvgIpc) is 3.08. The summed E-state index contributed by atoms with van der Waals surface area (Å²) < 4.78 is 88.8. The molecule has 51 heavy (non-hydrogen) atoms. The van der Waals surface area contributed by atoms with E-state index >= 15 is 0 Å². The molecule has 1 aromatic heterocycles. The van der Waals surface area contributed by atoms with Crippen LogP contribution in [0.25, 0.3) is 5.57 Å². The van der Waals surface area contributed by atoms with Crippen LogP contribution < -0.4 is 10.7 Å². The highest BCUT2D eigenvalue weighted by atomic mass is 19.4. The van der Waals surface area contributed by atoms with Crippen LogP contribution in [-0.4, -0.2) is 68.3 Å². The van der Waals surface area contributed by atoms with Gasteiger partial charge in [0, 0.05) is 61.4 Å². The zero-order valence-electron chi connectivity index (χ0n) is 28.8. The molecule has 3 N–H and O–H groups in total. The van der Waals surface area contributed by atoms with Crippen LogP contribution >= 0.6 is 0 Å². The predicted molar refractivity (Wildman–Crippen MR) is 178 cm³/mol. The van der Waals surface area contributed by atoms with Gasteiger partial charge in [-0.15, -0.1) is 0 Å². The van der Waals surface area contributed by atoms with Crippen molar-refractivity contribution < 1.29 is 45.8 Å². The quantitative estimate of drug-likeness (QED) is 0.104. The van der Waals surface area contributed by atoms with Gasteiger partial charge in [0.2, 0.25) is 5.95 Å². The topological polar surface area (TPSA) is 125 Å². The molecule has 2 fully saturated rings. The largest absolute Gasteiger partial charge is 0.481 e. The summed E-state index contributed by atoms with van der Waals surface area (Å²) in [5, 5.41) is 10.6. The maximum Gasteiger partial charge on any atom is 0.416 e. The molecule has 2 aliphatic rings. The van der Waals surface area contributed by atoms with Crippen molar-refractivity contribution in [1.29, 1.82) is 0 Å². The van der Waals surface area contributed by atoms with E-state index in [0.29, 0.717) is 74.6 Å². The molecule has 0 bridgehead atoms. The zero-order valence-corrected chi connectivity index (χ0v) is 28.8. The van der Waals surface area contributed by atoms with Crippen LogP contribution in [0.15, 0.2) is 49.4 Å². The fourth-order valence-corrected chi connectivity index (χ4v) is 6.91. The number of allylic oxidation sites excluding steroid dienone is 2. The number of rotatable bonds is 11. The van der Waals surface area contributed by atoms with E-state index in [1.54, 1.807) is 23.0 Å². The Bertz CT molecular complexity index is 1510. The number of aromatic nitrogens is 2. The van der Waals surface area contributed by atoms with Crippen molar-refractivity contribution >= 4 is 23.6 Å². The molecule has 0 spiro atoms. The molecule has 1 saturated carbocycles. The summed E-state index contributed by atoms with van der Waals surface area (Å²) in [7, 11) is 1.60. The molecule has 1 saturated heterocycles. The molecule has 1 aliphatic carbocycles. The van der Waals surface area contributed by atoms with Crippen molar-refractivity contribution in [3.8, 4) is 0 Å². The van der Waals surface area contributed by atoms with Gasteiger partial charge in [0.1, 0.15) is 6.10 Å². The van der Waals surface area contributed by atoms with E-state index < -0.39 is 53.6 Å². The van der Waals surface area contributed by atoms with Gasteiger partial charge in [-0.3, -0.25) is 4.79 Å². The van der Waals surface area contributed by atoms with Crippen LogP contribution in [0.4, 0.5) is 37.1 Å². The van der Waals surface area contributed by atoms with Crippen LogP contribution in [-0.2, 0) is 28.4 Å². The van der Waals surface area contributed by atoms with Gasteiger partial charge in [0.05, 0.1) is 17.0 Å². The second kappa shape index (κ2) is 16.3. The van der Waals surface area contributed by atoms with Gasteiger partial charge in [-0.05, 0) is 75.1 Å². The van der Waals surface area contributed by atoms with E-state index in [1.165, 1.54) is 23.5 Å². The molecule has 2 heterocycles. The van der Waals surface area contributed by atoms with Crippen LogP contribution in [0.3, 0.4) is 0 Å². The first kappa shape index (κ1) is 39.4. The van der Waals surface area contributed by atoms with Crippen molar-refractivity contribution in [2.24, 2.45) is 11.8 Å². The summed E-state index contributed by atoms with van der Waals surface area (Å²) in [6.07, 6.45) is -1.72. The molecule has 1 aromatic carbocycles. The number of carbonyl (C=O) groups is 2. The Balaban J connectivity index is 1.70. The molecule has 16 heteroatoms. The lowest BCUT2D eigenvalue weighted by Gasteiger charge is -2.47. The van der Waals surface area contributed by atoms with E-state index in [9.17, 15) is 41.0 Å². The van der Waals surface area contributed by atoms with E-state index in [4.69, 9.17) is 10.6 Å². The summed E-state index contributed by atoms with van der Waals surface area (Å²) in [5.41, 5.74) is -1.99. The summed E-state index contributed by atoms with van der Waals surface area (Å²) in [6.45, 7) is 7.16. The Morgan fingerprint density at radius 2 is 1.51 bits per heavy atom. The number of likely N-dealkylation sites (tertiary alicyclic amines) is 1. The fraction of sp³-hybridized carbons (Fsp3) is 0.543. The van der Waals surface area contributed by atoms with E-state index in [1.807, 2.05) is 13.8 Å². The predicted octanol–water partition coefficient (Wildman–Crippen LogP) is 7.65. The Morgan fingerprint density at radius 3 is 1.94 bits per heavy atom. The highest BCUT2D eigenvalue weighted by Gasteiger charge is 2.42. The van der Waals surface area contributed by atoms with Gasteiger partial charge in [-0.2, -0.15) is 26.3 Å². The molecule has 2 aromatic rings. The number of hydrogen-bond acceptors (Lipinski definition) is 8. The minimum absolute atomic E-state index is 0.0789. The first-order valence-electron chi connectivity index (χ1n) is 16.9. The standard InChI is InChI=1S/C35H44F6N6O4/c1-5-22(20-45(4)42)24-17-43-32(44-18-24)46(19-21-12-25(34(36,37)38)14-26(13-21)35(39,40)41)29-15-27(6-2)47(28(7-3)16-29)33(50)51-30-10-8-23(9-11-30)31(48)49/h5,12-14,17-18,20,23,27-30H,1,6-11,15-16,19,42H2,2-4H3,(H,48,49)/b22-20+/t23-,27-,28+,29+,30-. The van der Waals surface area contributed by atoms with Crippen LogP contribution in [0, 0.1) is 5.92 Å². The maximum absolute atomic E-state index is 13.8. The summed E-state index contributed by atoms with van der Waals surface area (Å²) >= 11 is 0. The number of amides is 1. The number of piperidine rings is 1. The first-order chi connectivity index (χ1) is 23.9. The maximum atomic E-state index is 13.8. The molecular formula is C35H44F6N6O4. The third-order valence-electron chi connectivity index (χ3n) is 9.55. The molecule has 1 aliphatic heterocycles. The second-order valence-corrected chi connectivity index (χ2v) is 13.1. The highest BCUT2D eigenvalue weighted by molar-refractivity contribution is 5.72. The van der Waals surface area contributed by atoms with E-state index in [-0.39, 0.29) is 36.2 Å². The van der Waals surface area contributed by atoms with Gasteiger partial charge in [-0.25, -0.2) is 20.6 Å². The fourth-order valence-electron chi connectivity index (χ4n) is 6.91. The number of carboxylic acid groups (broad SMARTS) is 1. The Labute approximate surface area is 292 Å². The van der Waals surface area contributed by atoms with Crippen molar-refractivity contribution in [2.45, 2.75) is 108 Å². The zero-order chi connectivity index (χ0) is 37.7. The number of benzene rings is 1. The van der Waals surface area contributed by atoms with Crippen LogP contribution in [0.1, 0.15) is 87.5 Å². The molecule has 3 atom stereocenters. The Morgan fingerprint density at radius 1 is 0.980 bits per heavy atom. The van der Waals surface area contributed by atoms with Crippen molar-refractivity contribution in [3.05, 3.63) is 71.7 Å². The minimum Gasteiger partial charge on any atom is -0.481 e. The van der Waals surface area contributed by atoms with Gasteiger partial charge in [0.25, 0.3) is 0 Å². The lowest BCUT2D eigenvalue weighted by Crippen LogP contribution is -2.57. The molecule has 4 rings (SSSR count). The number of hydrogen-bond donors (Lipinski definition) is 2. The summed E-state index contributed by atoms with van der Waals surface area (Å²) in [4.78, 5) is 37.3. The van der Waals surface area contributed by atoms with Crippen molar-refractivity contribution in [1.82, 2.24) is 19.9 Å². The van der Waals surface area contributed by atoms with Gasteiger partial charge in [0.15, 0.2) is 0 Å². The number of halogens is 6. The number of anilines is 1. The lowest BCUT2D eigenvalue weighted by molar-refractivity contribution is -0.144. The van der Waals surface area contributed by atoms with Crippen LogP contribution in [0.2, 0.25) is 0 Å². The van der Waals surface area contributed by atoms with E-state index in [0.717, 1.165) is 0 Å². The Hall–Kier alpha value is -4.34. The third-order valence-corrected chi connectivity index (χ3v) is 9.55. The number of ether oxygens (including phenoxy) is 1. The van der Waals surface area contributed by atoms with E-state index in [2.05, 4.69) is 16.5 Å². The molecule has 0 unspecified atom stereocenters. The van der Waals surface area contributed by atoms with Crippen LogP contribution in [0.5, 0.6) is 0 Å². The molecule has 1 amide bonds. The summed E-state index contributed by atoms with van der Waals surface area (Å²) in [5.74, 6) is 4.48. The molecule has 0 radical (unpaired) electrons. The van der Waals surface area contributed by atoms with Gasteiger partial charge in [-0.1, -0.05) is 26.5 Å². The molecular weight excluding hydrogens is 682 g/mol. The van der Waals surface area contributed by atoms with Gasteiger partial charge < -0.3 is 24.7 Å². The SMILES string of the molecule is C=C/C(=C\N(C)N)c1cnc(N(Cc2cc(C(F)(F)F)cc(C(F)(F)F)c2)[C@H]2C[C@@H](CC)N(C(=O)O[C@H]3CC[C@H](C(=O)O)CC3)[C@@H](CC)C2)nc1. The number of aliphatic carboxylic acids is 1. The minimum atomic E-state index is -5.03. The number of nitrogens with zero attached hydrogens (tertiary/aromatic N) is 5. The normalized spacial score (nSPS) is 23.1. The number of alkyl halides is 6. The molecule has 10 nitrogen and oxygen atoms in total. The smallest absolute Gasteiger partial charge is 0.416 e. The first-order valence-corrected chi connectivity index (χ1v) is 16.9. The Kier molecular flexibility index (Phi) is 12.6. The van der Waals surface area contributed by atoms with Crippen molar-refractivity contribution in [2.75, 3.05) is 11.9 Å². The summed E-state index contributed by atoms with van der Waals surface area (Å²) in [6, 6.07) is 0.227. The third kappa shape index (κ3) is 9.92. The number of nitrogens with two attached hydrogens (primary N) is 1. The molecule has 280 valence electrons. The van der Waals surface area contributed by atoms with Gasteiger partial charge >= 0.3 is 24.4 Å². The highest BCUT2D eigenvalue weighted by Crippen LogP contribution is 2.39. The monoisotopic (exact) mass is 726 g/mol. The average molecular weight is 727 g/mol. The lowest BCUT2D eigenvalue weighted by atomic mass is 9.87.